The van der Waals surface area contributed by atoms with Crippen LogP contribution in [-0.2, 0) is 20.7 Å². The van der Waals surface area contributed by atoms with Gasteiger partial charge in [0.1, 0.15) is 0 Å². The number of esters is 1. The van der Waals surface area contributed by atoms with E-state index in [1.165, 1.54) is 22.6 Å². The lowest BCUT2D eigenvalue weighted by Gasteiger charge is -2.34. The van der Waals surface area contributed by atoms with E-state index in [4.69, 9.17) is 4.74 Å². The van der Waals surface area contributed by atoms with Gasteiger partial charge in [-0.3, -0.25) is 19.3 Å². The van der Waals surface area contributed by atoms with Crippen LogP contribution < -0.4 is 4.90 Å². The highest BCUT2D eigenvalue weighted by atomic mass is 16.5. The highest BCUT2D eigenvalue weighted by Crippen LogP contribution is 2.30. The van der Waals surface area contributed by atoms with Gasteiger partial charge in [0, 0.05) is 5.56 Å². The molecule has 2 heterocycles. The lowest BCUT2D eigenvalue weighted by atomic mass is 9.89. The number of carbonyl (C=O) groups excluding carboxylic acids is 4. The summed E-state index contributed by atoms with van der Waals surface area (Å²) in [5, 5.41) is 0. The van der Waals surface area contributed by atoms with Gasteiger partial charge in [0.25, 0.3) is 5.91 Å². The van der Waals surface area contributed by atoms with Crippen molar-refractivity contribution in [3.05, 3.63) is 126 Å². The minimum Gasteiger partial charge on any atom is -0.454 e. The molecule has 0 bridgehead atoms. The second-order valence-corrected chi connectivity index (χ2v) is 11.4. The molecule has 0 saturated carbocycles. The summed E-state index contributed by atoms with van der Waals surface area (Å²) in [6.45, 7) is 1.18. The molecular weight excluding hydrogens is 552 g/mol. The van der Waals surface area contributed by atoms with Crippen molar-refractivity contribution < 1.29 is 23.9 Å². The number of Topliss-reactive ketones (excluding diaryl/α,β-unsaturated/α-hetero) is 1. The van der Waals surface area contributed by atoms with E-state index in [2.05, 4.69) is 29.2 Å². The van der Waals surface area contributed by atoms with Gasteiger partial charge in [0.15, 0.2) is 12.4 Å². The second-order valence-electron chi connectivity index (χ2n) is 11.4. The van der Waals surface area contributed by atoms with E-state index < -0.39 is 18.6 Å². The predicted molar refractivity (Wildman–Crippen MR) is 168 cm³/mol. The van der Waals surface area contributed by atoms with Crippen LogP contribution in [0.3, 0.4) is 0 Å². The van der Waals surface area contributed by atoms with Gasteiger partial charge in [-0.1, -0.05) is 84.9 Å². The molecule has 1 atom stereocenters. The summed E-state index contributed by atoms with van der Waals surface area (Å²) in [4.78, 5) is 54.9. The predicted octanol–water partition coefficient (Wildman–Crippen LogP) is 5.98. The molecule has 0 aromatic heterocycles. The molecule has 1 unspecified atom stereocenters. The first-order chi connectivity index (χ1) is 21.5. The number of imide groups is 1. The summed E-state index contributed by atoms with van der Waals surface area (Å²) >= 11 is 0. The van der Waals surface area contributed by atoms with Gasteiger partial charge in [0.05, 0.1) is 23.7 Å². The fourth-order valence-corrected chi connectivity index (χ4v) is 6.11. The van der Waals surface area contributed by atoms with Crippen LogP contribution in [0.15, 0.2) is 109 Å². The van der Waals surface area contributed by atoms with E-state index in [1.807, 2.05) is 48.5 Å². The molecule has 0 radical (unpaired) electrons. The monoisotopic (exact) mass is 586 g/mol. The number of rotatable bonds is 9. The van der Waals surface area contributed by atoms with Crippen molar-refractivity contribution in [2.45, 2.75) is 31.7 Å². The van der Waals surface area contributed by atoms with Crippen LogP contribution in [0.5, 0.6) is 0 Å². The highest BCUT2D eigenvalue weighted by molar-refractivity contribution is 6.22. The third-order valence-corrected chi connectivity index (χ3v) is 8.59. The van der Waals surface area contributed by atoms with Gasteiger partial charge in [-0.05, 0) is 79.2 Å². The third kappa shape index (κ3) is 6.53. The van der Waals surface area contributed by atoms with Gasteiger partial charge in [-0.15, -0.1) is 0 Å². The minimum absolute atomic E-state index is 0.153. The second kappa shape index (κ2) is 13.2. The summed E-state index contributed by atoms with van der Waals surface area (Å²) in [6.07, 6.45) is 3.17. The number of hydrogen-bond donors (Lipinski definition) is 0. The van der Waals surface area contributed by atoms with Crippen molar-refractivity contribution in [3.8, 4) is 11.1 Å². The number of piperidine rings is 1. The van der Waals surface area contributed by atoms with Crippen LogP contribution in [0.4, 0.5) is 5.69 Å². The fraction of sp³-hybridized carbons (Fsp3) is 0.243. The van der Waals surface area contributed by atoms with E-state index >= 15 is 0 Å². The summed E-state index contributed by atoms with van der Waals surface area (Å²) in [6, 6.07) is 33.2. The van der Waals surface area contributed by atoms with E-state index in [9.17, 15) is 19.2 Å². The van der Waals surface area contributed by atoms with Crippen molar-refractivity contribution in [2.75, 3.05) is 24.6 Å². The van der Waals surface area contributed by atoms with Crippen LogP contribution >= 0.6 is 0 Å². The zero-order valence-corrected chi connectivity index (χ0v) is 24.4. The Balaban J connectivity index is 1.01. The molecule has 7 heteroatoms. The van der Waals surface area contributed by atoms with E-state index in [0.717, 1.165) is 43.5 Å². The largest absolute Gasteiger partial charge is 0.454 e. The topological polar surface area (TPSA) is 84.0 Å². The molecule has 2 aliphatic rings. The van der Waals surface area contributed by atoms with Crippen molar-refractivity contribution in [1.82, 2.24) is 4.90 Å². The Labute approximate surface area is 257 Å². The van der Waals surface area contributed by atoms with Gasteiger partial charge >= 0.3 is 5.97 Å². The number of nitrogens with zero attached hydrogens (tertiary/aromatic N) is 2. The molecule has 2 saturated heterocycles. The zero-order chi connectivity index (χ0) is 30.5. The van der Waals surface area contributed by atoms with Gasteiger partial charge in [0.2, 0.25) is 5.91 Å². The number of likely N-dealkylation sites (tertiary alicyclic amines) is 1. The van der Waals surface area contributed by atoms with Crippen LogP contribution in [0, 0.1) is 5.92 Å². The molecule has 0 spiro atoms. The first-order valence-corrected chi connectivity index (χ1v) is 15.1. The average Bonchev–Trinajstić information content (AvgIpc) is 3.38. The van der Waals surface area contributed by atoms with Crippen LogP contribution in [0.2, 0.25) is 0 Å². The minimum atomic E-state index is -0.652. The summed E-state index contributed by atoms with van der Waals surface area (Å²) in [5.41, 5.74) is 4.48. The normalized spacial score (nSPS) is 17.5. The SMILES string of the molecule is O=C(COC(=O)c1ccc(N2C(=O)CC(N3CCC(Cc4ccccc4)CC3)C2=O)cc1)c1ccc(-c2ccccc2)cc1. The van der Waals surface area contributed by atoms with Crippen molar-refractivity contribution >= 4 is 29.3 Å². The fourth-order valence-electron chi connectivity index (χ4n) is 6.11. The first kappa shape index (κ1) is 29.2. The summed E-state index contributed by atoms with van der Waals surface area (Å²) in [5.74, 6) is -0.861. The zero-order valence-electron chi connectivity index (χ0n) is 24.4. The maximum Gasteiger partial charge on any atom is 0.338 e. The van der Waals surface area contributed by atoms with E-state index in [-0.39, 0.29) is 29.6 Å². The molecular formula is C37H34N2O5. The Kier molecular flexibility index (Phi) is 8.75. The summed E-state index contributed by atoms with van der Waals surface area (Å²) in [7, 11) is 0. The highest BCUT2D eigenvalue weighted by Gasteiger charge is 2.43. The number of benzene rings is 4. The molecule has 0 aliphatic carbocycles. The third-order valence-electron chi connectivity index (χ3n) is 8.59. The maximum absolute atomic E-state index is 13.4. The molecule has 4 aromatic rings. The number of ketones is 1. The Bertz CT molecular complexity index is 1630. The molecule has 2 aliphatic heterocycles. The Hall–Kier alpha value is -4.88. The lowest BCUT2D eigenvalue weighted by molar-refractivity contribution is -0.123. The average molecular weight is 587 g/mol. The molecule has 2 fully saturated rings. The smallest absolute Gasteiger partial charge is 0.338 e. The molecule has 222 valence electrons. The number of anilines is 1. The molecule has 6 rings (SSSR count). The molecule has 0 N–H and O–H groups in total. The number of amides is 2. The first-order valence-electron chi connectivity index (χ1n) is 15.1. The van der Waals surface area contributed by atoms with Gasteiger partial charge in [-0.2, -0.15) is 0 Å². The Morgan fingerprint density at radius 1 is 0.705 bits per heavy atom. The van der Waals surface area contributed by atoms with Crippen molar-refractivity contribution in [3.63, 3.8) is 0 Å². The van der Waals surface area contributed by atoms with Gasteiger partial charge in [-0.25, -0.2) is 9.69 Å². The molecule has 4 aromatic carbocycles. The summed E-state index contributed by atoms with van der Waals surface area (Å²) < 4.78 is 5.27. The standard InChI is InChI=1S/C37H34N2O5/c40-34(30-13-11-29(12-14-30)28-9-5-2-6-10-28)25-44-37(43)31-15-17-32(18-16-31)39-35(41)24-33(36(39)42)38-21-19-27(20-22-38)23-26-7-3-1-4-8-26/h1-18,27,33H,19-25H2. The maximum atomic E-state index is 13.4. The van der Waals surface area contributed by atoms with Crippen LogP contribution in [-0.4, -0.2) is 54.2 Å². The molecule has 2 amide bonds. The number of hydrogen-bond acceptors (Lipinski definition) is 6. The lowest BCUT2D eigenvalue weighted by Crippen LogP contribution is -2.46. The number of ether oxygens (including phenoxy) is 1. The Morgan fingerprint density at radius 2 is 1.30 bits per heavy atom. The van der Waals surface area contributed by atoms with Crippen LogP contribution in [0.1, 0.15) is 45.5 Å². The van der Waals surface area contributed by atoms with E-state index in [0.29, 0.717) is 17.2 Å². The molecule has 44 heavy (non-hydrogen) atoms. The van der Waals surface area contributed by atoms with Crippen molar-refractivity contribution in [2.24, 2.45) is 5.92 Å². The van der Waals surface area contributed by atoms with Crippen LogP contribution in [0.25, 0.3) is 11.1 Å². The quantitative estimate of drug-likeness (QED) is 0.136. The molecule has 7 nitrogen and oxygen atoms in total. The van der Waals surface area contributed by atoms with Gasteiger partial charge < -0.3 is 4.74 Å². The van der Waals surface area contributed by atoms with Crippen molar-refractivity contribution in [1.29, 1.82) is 0 Å². The van der Waals surface area contributed by atoms with E-state index in [1.54, 1.807) is 24.3 Å². The number of carbonyl (C=O) groups is 4. The Morgan fingerprint density at radius 3 is 1.95 bits per heavy atom.